The summed E-state index contributed by atoms with van der Waals surface area (Å²) in [7, 11) is 0. The number of rotatable bonds is 4. The van der Waals surface area contributed by atoms with Gasteiger partial charge in [-0.05, 0) is 84.5 Å². The third kappa shape index (κ3) is 5.42. The van der Waals surface area contributed by atoms with E-state index in [0.717, 1.165) is 72.0 Å². The third-order valence-electron chi connectivity index (χ3n) is 12.8. The normalized spacial score (nSPS) is 11.9. The average molecular weight is 786 g/mol. The Labute approximate surface area is 357 Å². The van der Waals surface area contributed by atoms with Gasteiger partial charge in [-0.3, -0.25) is 0 Å². The van der Waals surface area contributed by atoms with E-state index in [2.05, 4.69) is 206 Å². The number of benzene rings is 10. The Bertz CT molecular complexity index is 3980. The first-order chi connectivity index (χ1) is 30.7. The molecule has 13 aromatic rings. The molecular weight excluding hydrogens is 751 g/mol. The molecule has 0 saturated heterocycles. The lowest BCUT2D eigenvalue weighted by atomic mass is 9.91. The maximum Gasteiger partial charge on any atom is 0.0972 e. The smallest absolute Gasteiger partial charge is 0.0972 e. The van der Waals surface area contributed by atoms with Crippen LogP contribution < -0.4 is 0 Å². The number of pyridine rings is 3. The van der Waals surface area contributed by atoms with Crippen LogP contribution in [0.2, 0.25) is 0 Å². The van der Waals surface area contributed by atoms with E-state index in [-0.39, 0.29) is 0 Å². The molecule has 3 aromatic heterocycles. The number of nitrogens with zero attached hydrogens (tertiary/aromatic N) is 3. The zero-order chi connectivity index (χ0) is 40.7. The molecule has 0 aliphatic heterocycles. The van der Waals surface area contributed by atoms with Crippen molar-refractivity contribution in [2.75, 3.05) is 0 Å². The summed E-state index contributed by atoms with van der Waals surface area (Å²) in [6.45, 7) is 0. The predicted octanol–water partition coefficient (Wildman–Crippen LogP) is 15.8. The van der Waals surface area contributed by atoms with E-state index < -0.39 is 0 Å². The van der Waals surface area contributed by atoms with Crippen molar-refractivity contribution in [3.63, 3.8) is 0 Å². The summed E-state index contributed by atoms with van der Waals surface area (Å²) in [5, 5.41) is 15.5. The molecule has 0 aliphatic rings. The lowest BCUT2D eigenvalue weighted by Crippen LogP contribution is -1.93. The molecule has 10 aromatic carbocycles. The molecule has 3 heteroatoms. The number of hydrogen-bond donors (Lipinski definition) is 0. The maximum absolute atomic E-state index is 5.55. The molecule has 0 fully saturated rings. The van der Waals surface area contributed by atoms with Crippen molar-refractivity contribution < 1.29 is 0 Å². The quantitative estimate of drug-likeness (QED) is 0.167. The fourth-order valence-electron chi connectivity index (χ4n) is 9.75. The summed E-state index contributed by atoms with van der Waals surface area (Å²) in [5.74, 6) is 0. The van der Waals surface area contributed by atoms with Crippen molar-refractivity contribution in [3.8, 4) is 44.9 Å². The van der Waals surface area contributed by atoms with Crippen LogP contribution in [-0.2, 0) is 0 Å². The highest BCUT2D eigenvalue weighted by atomic mass is 14.8. The first kappa shape index (κ1) is 34.6. The molecule has 0 radical (unpaired) electrons. The van der Waals surface area contributed by atoms with Crippen LogP contribution in [0.1, 0.15) is 0 Å². The minimum atomic E-state index is 0.914. The first-order valence-corrected chi connectivity index (χ1v) is 21.2. The van der Waals surface area contributed by atoms with Gasteiger partial charge in [0.15, 0.2) is 0 Å². The Morgan fingerprint density at radius 1 is 0.226 bits per heavy atom. The Balaban J connectivity index is 0.916. The van der Waals surface area contributed by atoms with Crippen LogP contribution >= 0.6 is 0 Å². The number of fused-ring (bicyclic) bond motifs is 14. The molecule has 3 heterocycles. The monoisotopic (exact) mass is 785 g/mol. The second-order valence-electron chi connectivity index (χ2n) is 16.3. The maximum atomic E-state index is 5.55. The third-order valence-corrected chi connectivity index (χ3v) is 12.8. The second-order valence-corrected chi connectivity index (χ2v) is 16.3. The number of aromatic nitrogens is 3. The predicted molar refractivity (Wildman–Crippen MR) is 262 cm³/mol. The molecule has 0 N–H and O–H groups in total. The summed E-state index contributed by atoms with van der Waals surface area (Å²) in [5.41, 5.74) is 11.3. The minimum absolute atomic E-state index is 0.914. The van der Waals surface area contributed by atoms with E-state index in [1.807, 2.05) is 6.07 Å². The van der Waals surface area contributed by atoms with E-state index in [4.69, 9.17) is 15.0 Å². The lowest BCUT2D eigenvalue weighted by Gasteiger charge is -2.15. The lowest BCUT2D eigenvalue weighted by molar-refractivity contribution is 1.37. The van der Waals surface area contributed by atoms with Crippen molar-refractivity contribution in [2.45, 2.75) is 0 Å². The topological polar surface area (TPSA) is 38.7 Å². The van der Waals surface area contributed by atoms with Gasteiger partial charge in [0.1, 0.15) is 0 Å². The van der Waals surface area contributed by atoms with E-state index in [9.17, 15) is 0 Å². The Morgan fingerprint density at radius 3 is 1.50 bits per heavy atom. The summed E-state index contributed by atoms with van der Waals surface area (Å²) in [6.07, 6.45) is 0. The van der Waals surface area contributed by atoms with Gasteiger partial charge < -0.3 is 0 Å². The average Bonchev–Trinajstić information content (AvgIpc) is 3.35. The first-order valence-electron chi connectivity index (χ1n) is 21.2. The van der Waals surface area contributed by atoms with Gasteiger partial charge in [0, 0.05) is 43.6 Å². The zero-order valence-electron chi connectivity index (χ0n) is 33.5. The van der Waals surface area contributed by atoms with Gasteiger partial charge in [0.2, 0.25) is 0 Å². The SMILES string of the molecule is c1ccc(-c2ccc3ccc4ccc(-c5ccc6c(ccc7ccc(-c8cccc(-c9nc%10c%11ccccc%11c%11ccccc%11c%10c%10ccccc9%10)c8)cc76)c5)nc4c3n2)cc1. The highest BCUT2D eigenvalue weighted by Crippen LogP contribution is 2.42. The fourth-order valence-corrected chi connectivity index (χ4v) is 9.75. The summed E-state index contributed by atoms with van der Waals surface area (Å²) in [4.78, 5) is 15.9. The molecule has 0 aliphatic carbocycles. The van der Waals surface area contributed by atoms with Gasteiger partial charge in [-0.25, -0.2) is 15.0 Å². The zero-order valence-corrected chi connectivity index (χ0v) is 33.5. The summed E-state index contributed by atoms with van der Waals surface area (Å²) < 4.78 is 0. The second kappa shape index (κ2) is 13.6. The van der Waals surface area contributed by atoms with Gasteiger partial charge in [-0.15, -0.1) is 0 Å². The van der Waals surface area contributed by atoms with Crippen LogP contribution in [0.4, 0.5) is 0 Å². The van der Waals surface area contributed by atoms with Crippen molar-refractivity contribution in [2.24, 2.45) is 0 Å². The van der Waals surface area contributed by atoms with Crippen molar-refractivity contribution in [1.29, 1.82) is 0 Å². The fraction of sp³-hybridized carbons (Fsp3) is 0. The largest absolute Gasteiger partial charge is 0.246 e. The highest BCUT2D eigenvalue weighted by molar-refractivity contribution is 6.31. The van der Waals surface area contributed by atoms with E-state index in [1.54, 1.807) is 0 Å². The van der Waals surface area contributed by atoms with Crippen molar-refractivity contribution in [3.05, 3.63) is 212 Å². The molecule has 0 atom stereocenters. The van der Waals surface area contributed by atoms with Crippen LogP contribution in [0.3, 0.4) is 0 Å². The van der Waals surface area contributed by atoms with E-state index >= 15 is 0 Å². The molecule has 0 spiro atoms. The molecule has 0 bridgehead atoms. The molecule has 0 saturated carbocycles. The Hall–Kier alpha value is -8.27. The van der Waals surface area contributed by atoms with Gasteiger partial charge in [0.05, 0.1) is 33.6 Å². The van der Waals surface area contributed by atoms with Gasteiger partial charge >= 0.3 is 0 Å². The van der Waals surface area contributed by atoms with E-state index in [1.165, 1.54) is 59.4 Å². The van der Waals surface area contributed by atoms with Crippen LogP contribution in [0.5, 0.6) is 0 Å². The molecule has 0 amide bonds. The van der Waals surface area contributed by atoms with Crippen LogP contribution in [-0.4, -0.2) is 15.0 Å². The van der Waals surface area contributed by atoms with Gasteiger partial charge in [-0.1, -0.05) is 182 Å². The molecule has 286 valence electrons. The van der Waals surface area contributed by atoms with Crippen LogP contribution in [0, 0.1) is 0 Å². The number of hydrogen-bond acceptors (Lipinski definition) is 3. The van der Waals surface area contributed by atoms with E-state index in [0.29, 0.717) is 0 Å². The molecule has 3 nitrogen and oxygen atoms in total. The van der Waals surface area contributed by atoms with Crippen molar-refractivity contribution >= 4 is 86.6 Å². The minimum Gasteiger partial charge on any atom is -0.246 e. The van der Waals surface area contributed by atoms with Crippen LogP contribution in [0.15, 0.2) is 212 Å². The summed E-state index contributed by atoms with van der Waals surface area (Å²) >= 11 is 0. The molecule has 62 heavy (non-hydrogen) atoms. The standard InChI is InChI=1S/C59H35N3/c1-2-11-37(12-3-1)53-31-28-38-23-24-39-29-32-54(61-58(39)57(38)60-53)43-27-30-45-42(34-43)26-22-36-21-25-41(35-52(36)45)40-13-10-14-44(33-40)56-51-20-9-7-18-49(51)55-48-17-6-4-15-46(48)47-16-5-8-19-50(47)59(55)62-56/h1-35H. The Morgan fingerprint density at radius 2 is 0.742 bits per heavy atom. The van der Waals surface area contributed by atoms with Crippen LogP contribution in [0.25, 0.3) is 131 Å². The molecular formula is C59H35N3. The van der Waals surface area contributed by atoms with Gasteiger partial charge in [-0.2, -0.15) is 0 Å². The molecule has 0 unspecified atom stereocenters. The molecule has 13 rings (SSSR count). The van der Waals surface area contributed by atoms with Crippen molar-refractivity contribution in [1.82, 2.24) is 15.0 Å². The van der Waals surface area contributed by atoms with Gasteiger partial charge in [0.25, 0.3) is 0 Å². The summed E-state index contributed by atoms with van der Waals surface area (Å²) in [6, 6.07) is 76.3. The highest BCUT2D eigenvalue weighted by Gasteiger charge is 2.17. The Kier molecular flexibility index (Phi) is 7.60.